The summed E-state index contributed by atoms with van der Waals surface area (Å²) >= 11 is 0. The lowest BCUT2D eigenvalue weighted by molar-refractivity contribution is 0.0924. The van der Waals surface area contributed by atoms with Gasteiger partial charge in [-0.3, -0.25) is 9.78 Å². The van der Waals surface area contributed by atoms with Gasteiger partial charge in [-0.15, -0.1) is 0 Å². The van der Waals surface area contributed by atoms with Crippen molar-refractivity contribution in [3.05, 3.63) is 100 Å². The number of benzene rings is 2. The highest BCUT2D eigenvalue weighted by atomic mass is 19.1. The lowest BCUT2D eigenvalue weighted by Crippen LogP contribution is -2.30. The number of aliphatic hydroxyl groups is 1. The minimum atomic E-state index is -0.720. The number of pyridine rings is 1. The van der Waals surface area contributed by atoms with Crippen LogP contribution in [0.5, 0.6) is 0 Å². The third-order valence-electron chi connectivity index (χ3n) is 5.22. The minimum absolute atomic E-state index is 0.117. The van der Waals surface area contributed by atoms with E-state index in [-0.39, 0.29) is 24.4 Å². The number of carbonyl (C=O) groups is 1. The zero-order valence-electron chi connectivity index (χ0n) is 18.3. The van der Waals surface area contributed by atoms with Crippen LogP contribution < -0.4 is 5.32 Å². The number of carbonyl (C=O) groups excluding carboxylic acids is 1. The normalized spacial score (nSPS) is 13.4. The fraction of sp³-hybridized carbons (Fsp3) is 0.240. The van der Waals surface area contributed by atoms with E-state index in [0.29, 0.717) is 22.4 Å². The molecule has 1 amide bonds. The number of nitrogens with one attached hydrogen (secondary N) is 1. The first-order chi connectivity index (χ1) is 15.8. The van der Waals surface area contributed by atoms with Crippen LogP contribution in [0.1, 0.15) is 52.0 Å². The average molecular weight is 453 g/mol. The predicted molar refractivity (Wildman–Crippen MR) is 121 cm³/mol. The molecule has 3 aromatic rings. The zero-order chi connectivity index (χ0) is 24.0. The molecule has 0 aliphatic heterocycles. The molecule has 0 radical (unpaired) electrons. The second-order valence-electron chi connectivity index (χ2n) is 7.84. The van der Waals surface area contributed by atoms with Gasteiger partial charge in [0.15, 0.2) is 0 Å². The molecular weight excluding hydrogens is 428 g/mol. The smallest absolute Gasteiger partial charge is 0.251 e. The maximum absolute atomic E-state index is 14.8. The Balaban J connectivity index is 1.96. The van der Waals surface area contributed by atoms with Gasteiger partial charge in [0.25, 0.3) is 5.91 Å². The molecule has 33 heavy (non-hydrogen) atoms. The minimum Gasteiger partial charge on any atom is -0.411 e. The highest BCUT2D eigenvalue weighted by Crippen LogP contribution is 2.32. The number of amides is 1. The lowest BCUT2D eigenvalue weighted by atomic mass is 9.85. The molecule has 1 unspecified atom stereocenters. The summed E-state index contributed by atoms with van der Waals surface area (Å²) in [6, 6.07) is 13.3. The standard InChI is InChI=1S/C25H25F2N3O3/c1-15-11-19(9-10-28-15)24(30-33)13-22(21-8-7-20(26)12-23(21)27)17-3-5-18(6-4-17)25(32)29-14-16(2)31/h3-12,16,22,31,33H,13-14H2,1-2H3,(H,29,32)/t16-,22?/m1/s1. The van der Waals surface area contributed by atoms with Crippen LogP contribution in [-0.4, -0.2) is 39.6 Å². The highest BCUT2D eigenvalue weighted by Gasteiger charge is 2.23. The topological polar surface area (TPSA) is 94.8 Å². The van der Waals surface area contributed by atoms with Gasteiger partial charge in [0.05, 0.1) is 11.8 Å². The Labute approximate surface area is 190 Å². The van der Waals surface area contributed by atoms with Crippen molar-refractivity contribution in [2.24, 2.45) is 5.16 Å². The third-order valence-corrected chi connectivity index (χ3v) is 5.22. The predicted octanol–water partition coefficient (Wildman–Crippen LogP) is 4.18. The molecule has 8 heteroatoms. The summed E-state index contributed by atoms with van der Waals surface area (Å²) in [5.74, 6) is -2.38. The van der Waals surface area contributed by atoms with E-state index in [1.807, 2.05) is 0 Å². The number of oxime groups is 1. The molecule has 0 aliphatic carbocycles. The number of hydrogen-bond acceptors (Lipinski definition) is 5. The molecule has 0 saturated carbocycles. The van der Waals surface area contributed by atoms with Gasteiger partial charge in [-0.2, -0.15) is 0 Å². The van der Waals surface area contributed by atoms with Crippen molar-refractivity contribution in [3.63, 3.8) is 0 Å². The van der Waals surface area contributed by atoms with Crippen LogP contribution in [0.2, 0.25) is 0 Å². The van der Waals surface area contributed by atoms with Crippen LogP contribution in [0.25, 0.3) is 0 Å². The SMILES string of the molecule is Cc1cc(C(CC(c2ccc(C(=O)NC[C@@H](C)O)cc2)c2ccc(F)cc2F)=NO)ccn1. The molecule has 6 nitrogen and oxygen atoms in total. The monoisotopic (exact) mass is 453 g/mol. The van der Waals surface area contributed by atoms with Crippen molar-refractivity contribution in [1.29, 1.82) is 0 Å². The lowest BCUT2D eigenvalue weighted by Gasteiger charge is -2.20. The zero-order valence-corrected chi connectivity index (χ0v) is 18.3. The molecule has 0 spiro atoms. The summed E-state index contributed by atoms with van der Waals surface area (Å²) in [5.41, 5.74) is 2.93. The van der Waals surface area contributed by atoms with Crippen LogP contribution >= 0.6 is 0 Å². The third kappa shape index (κ3) is 6.20. The summed E-state index contributed by atoms with van der Waals surface area (Å²) in [5, 5.41) is 25.1. The summed E-state index contributed by atoms with van der Waals surface area (Å²) in [6.07, 6.45) is 1.03. The molecule has 0 bridgehead atoms. The molecule has 0 fully saturated rings. The van der Waals surface area contributed by atoms with E-state index in [2.05, 4.69) is 15.5 Å². The fourth-order valence-corrected chi connectivity index (χ4v) is 3.54. The van der Waals surface area contributed by atoms with Crippen molar-refractivity contribution < 1.29 is 23.9 Å². The number of hydrogen-bond donors (Lipinski definition) is 3. The number of aryl methyl sites for hydroxylation is 1. The van der Waals surface area contributed by atoms with Crippen molar-refractivity contribution in [1.82, 2.24) is 10.3 Å². The van der Waals surface area contributed by atoms with Crippen molar-refractivity contribution >= 4 is 11.6 Å². The van der Waals surface area contributed by atoms with Gasteiger partial charge >= 0.3 is 0 Å². The number of nitrogens with zero attached hydrogens (tertiary/aromatic N) is 2. The van der Waals surface area contributed by atoms with E-state index in [1.165, 1.54) is 12.1 Å². The molecule has 1 aromatic heterocycles. The van der Waals surface area contributed by atoms with Gasteiger partial charge in [0, 0.05) is 48.0 Å². The first-order valence-corrected chi connectivity index (χ1v) is 10.4. The molecule has 0 saturated heterocycles. The number of aliphatic hydroxyl groups excluding tert-OH is 1. The first-order valence-electron chi connectivity index (χ1n) is 10.4. The van der Waals surface area contributed by atoms with E-state index in [1.54, 1.807) is 56.4 Å². The largest absolute Gasteiger partial charge is 0.411 e. The summed E-state index contributed by atoms with van der Waals surface area (Å²) < 4.78 is 28.3. The van der Waals surface area contributed by atoms with E-state index in [0.717, 1.165) is 11.8 Å². The first kappa shape index (κ1) is 24.0. The summed E-state index contributed by atoms with van der Waals surface area (Å²) in [4.78, 5) is 16.4. The van der Waals surface area contributed by atoms with Gasteiger partial charge < -0.3 is 15.6 Å². The van der Waals surface area contributed by atoms with E-state index >= 15 is 0 Å². The molecule has 3 rings (SSSR count). The van der Waals surface area contributed by atoms with E-state index in [9.17, 15) is 23.9 Å². The molecule has 172 valence electrons. The molecule has 1 heterocycles. The average Bonchev–Trinajstić information content (AvgIpc) is 2.79. The second kappa shape index (κ2) is 10.8. The Hall–Kier alpha value is -3.65. The summed E-state index contributed by atoms with van der Waals surface area (Å²) in [7, 11) is 0. The summed E-state index contributed by atoms with van der Waals surface area (Å²) in [6.45, 7) is 3.48. The van der Waals surface area contributed by atoms with Gasteiger partial charge in [0.1, 0.15) is 11.6 Å². The Morgan fingerprint density at radius 3 is 2.42 bits per heavy atom. The van der Waals surface area contributed by atoms with Crippen LogP contribution in [0.15, 0.2) is 65.9 Å². The number of halogens is 2. The van der Waals surface area contributed by atoms with Gasteiger partial charge in [0.2, 0.25) is 0 Å². The second-order valence-corrected chi connectivity index (χ2v) is 7.84. The van der Waals surface area contributed by atoms with Gasteiger partial charge in [-0.25, -0.2) is 8.78 Å². The Bertz CT molecular complexity index is 1150. The fourth-order valence-electron chi connectivity index (χ4n) is 3.54. The molecule has 3 N–H and O–H groups in total. The molecule has 2 atom stereocenters. The maximum Gasteiger partial charge on any atom is 0.251 e. The van der Waals surface area contributed by atoms with Gasteiger partial charge in [-0.05, 0) is 55.3 Å². The van der Waals surface area contributed by atoms with Crippen LogP contribution in [0.4, 0.5) is 8.78 Å². The molecule has 2 aromatic carbocycles. The van der Waals surface area contributed by atoms with Crippen LogP contribution in [-0.2, 0) is 0 Å². The van der Waals surface area contributed by atoms with E-state index < -0.39 is 23.7 Å². The van der Waals surface area contributed by atoms with Crippen molar-refractivity contribution in [3.8, 4) is 0 Å². The Kier molecular flexibility index (Phi) is 7.84. The van der Waals surface area contributed by atoms with Crippen molar-refractivity contribution in [2.45, 2.75) is 32.3 Å². The number of aromatic nitrogens is 1. The van der Waals surface area contributed by atoms with Crippen molar-refractivity contribution in [2.75, 3.05) is 6.54 Å². The van der Waals surface area contributed by atoms with Crippen LogP contribution in [0.3, 0.4) is 0 Å². The number of rotatable bonds is 8. The Morgan fingerprint density at radius 2 is 1.82 bits per heavy atom. The molecular formula is C25H25F2N3O3. The Morgan fingerprint density at radius 1 is 1.09 bits per heavy atom. The highest BCUT2D eigenvalue weighted by molar-refractivity contribution is 6.01. The quantitative estimate of drug-likeness (QED) is 0.271. The van der Waals surface area contributed by atoms with E-state index in [4.69, 9.17) is 0 Å². The maximum atomic E-state index is 14.8. The molecule has 0 aliphatic rings. The van der Waals surface area contributed by atoms with Crippen LogP contribution in [0, 0.1) is 18.6 Å². The van der Waals surface area contributed by atoms with Gasteiger partial charge in [-0.1, -0.05) is 23.4 Å².